The molecule has 0 bridgehead atoms. The number of rotatable bonds is 8. The molecule has 0 unspecified atom stereocenters. The van der Waals surface area contributed by atoms with Gasteiger partial charge in [0.1, 0.15) is 5.75 Å². The van der Waals surface area contributed by atoms with Gasteiger partial charge in [-0.2, -0.15) is 0 Å². The molecule has 0 aliphatic heterocycles. The number of hydrogen-bond donors (Lipinski definition) is 0. The van der Waals surface area contributed by atoms with Gasteiger partial charge in [-0.05, 0) is 12.8 Å². The Labute approximate surface area is 121 Å². The quantitative estimate of drug-likeness (QED) is 0.242. The third-order valence-electron chi connectivity index (χ3n) is 2.79. The highest BCUT2D eigenvalue weighted by Crippen LogP contribution is 2.35. The number of nitrogens with zero attached hydrogens (tertiary/aromatic N) is 1. The minimum Gasteiger partial charge on any atom is -0.496 e. The van der Waals surface area contributed by atoms with E-state index in [0.29, 0.717) is 18.7 Å². The maximum Gasteiger partial charge on any atom is 0.311 e. The van der Waals surface area contributed by atoms with Crippen molar-refractivity contribution in [1.82, 2.24) is 0 Å². The van der Waals surface area contributed by atoms with E-state index in [4.69, 9.17) is 21.1 Å². The number of ether oxygens (including phenoxy) is 2. The highest BCUT2D eigenvalue weighted by Gasteiger charge is 2.22. The molecule has 0 fully saturated rings. The molecule has 0 aliphatic rings. The standard InChI is InChI=1S/C13H16ClNO5/c1-19-12-8-13(20-2)10(15(17)18)7-9(12)11(16)5-3-4-6-14/h7-8H,3-6H2,1-2H3. The molecule has 0 saturated heterocycles. The molecule has 0 N–H and O–H groups in total. The molecular weight excluding hydrogens is 286 g/mol. The predicted octanol–water partition coefficient (Wildman–Crippen LogP) is 3.20. The van der Waals surface area contributed by atoms with Crippen LogP contribution >= 0.6 is 11.6 Å². The lowest BCUT2D eigenvalue weighted by atomic mass is 10.0. The minimum absolute atomic E-state index is 0.0594. The number of halogens is 1. The van der Waals surface area contributed by atoms with Crippen LogP contribution in [0.1, 0.15) is 29.6 Å². The SMILES string of the molecule is COc1cc(OC)c([N+](=O)[O-])cc1C(=O)CCCCCl. The molecule has 0 radical (unpaired) electrons. The minimum atomic E-state index is -0.589. The fourth-order valence-corrected chi connectivity index (χ4v) is 1.95. The number of Topliss-reactive ketones (excluding diaryl/α,β-unsaturated/α-hetero) is 1. The summed E-state index contributed by atoms with van der Waals surface area (Å²) in [6.07, 6.45) is 1.62. The molecule has 0 amide bonds. The summed E-state index contributed by atoms with van der Waals surface area (Å²) in [5.74, 6) is 0.595. The fourth-order valence-electron chi connectivity index (χ4n) is 1.76. The summed E-state index contributed by atoms with van der Waals surface area (Å²) in [5.41, 5.74) is -0.0661. The molecule has 0 heterocycles. The van der Waals surface area contributed by atoms with Crippen molar-refractivity contribution in [3.63, 3.8) is 0 Å². The van der Waals surface area contributed by atoms with Crippen LogP contribution in [0.15, 0.2) is 12.1 Å². The molecule has 0 spiro atoms. The Morgan fingerprint density at radius 1 is 1.25 bits per heavy atom. The van der Waals surface area contributed by atoms with Gasteiger partial charge in [0.25, 0.3) is 0 Å². The molecule has 110 valence electrons. The van der Waals surface area contributed by atoms with Crippen molar-refractivity contribution >= 4 is 23.1 Å². The Bertz CT molecular complexity index is 504. The van der Waals surface area contributed by atoms with E-state index in [1.54, 1.807) is 0 Å². The zero-order chi connectivity index (χ0) is 15.1. The van der Waals surface area contributed by atoms with Crippen LogP contribution in [0.2, 0.25) is 0 Å². The van der Waals surface area contributed by atoms with Gasteiger partial charge in [-0.1, -0.05) is 0 Å². The smallest absolute Gasteiger partial charge is 0.311 e. The molecule has 6 nitrogen and oxygen atoms in total. The number of hydrogen-bond acceptors (Lipinski definition) is 5. The van der Waals surface area contributed by atoms with Crippen LogP contribution in [-0.4, -0.2) is 30.8 Å². The van der Waals surface area contributed by atoms with Crippen molar-refractivity contribution < 1.29 is 19.2 Å². The van der Waals surface area contributed by atoms with E-state index in [1.807, 2.05) is 0 Å². The van der Waals surface area contributed by atoms with Gasteiger partial charge in [-0.25, -0.2) is 0 Å². The largest absolute Gasteiger partial charge is 0.496 e. The number of methoxy groups -OCH3 is 2. The summed E-state index contributed by atoms with van der Waals surface area (Å²) in [7, 11) is 2.72. The van der Waals surface area contributed by atoms with E-state index in [2.05, 4.69) is 0 Å². The second-order valence-corrected chi connectivity index (χ2v) is 4.43. The van der Waals surface area contributed by atoms with Crippen LogP contribution in [-0.2, 0) is 0 Å². The van der Waals surface area contributed by atoms with Gasteiger partial charge in [0.15, 0.2) is 5.78 Å². The van der Waals surface area contributed by atoms with E-state index in [0.717, 1.165) is 0 Å². The summed E-state index contributed by atoms with van der Waals surface area (Å²) in [5, 5.41) is 11.0. The maximum atomic E-state index is 12.1. The number of nitro benzene ring substituents is 1. The lowest BCUT2D eigenvalue weighted by Gasteiger charge is -2.10. The highest BCUT2D eigenvalue weighted by atomic mass is 35.5. The van der Waals surface area contributed by atoms with Gasteiger partial charge >= 0.3 is 5.69 Å². The maximum absolute atomic E-state index is 12.1. The molecular formula is C13H16ClNO5. The van der Waals surface area contributed by atoms with Crippen molar-refractivity contribution in [2.24, 2.45) is 0 Å². The van der Waals surface area contributed by atoms with Crippen LogP contribution in [0.4, 0.5) is 5.69 Å². The summed E-state index contributed by atoms with van der Waals surface area (Å²) >= 11 is 5.55. The van der Waals surface area contributed by atoms with Crippen molar-refractivity contribution in [1.29, 1.82) is 0 Å². The van der Waals surface area contributed by atoms with Crippen LogP contribution < -0.4 is 9.47 Å². The summed E-state index contributed by atoms with van der Waals surface area (Å²) in [6, 6.07) is 2.55. The van der Waals surface area contributed by atoms with Gasteiger partial charge in [-0.15, -0.1) is 11.6 Å². The predicted molar refractivity (Wildman–Crippen MR) is 75.1 cm³/mol. The molecule has 0 atom stereocenters. The van der Waals surface area contributed by atoms with Crippen molar-refractivity contribution in [2.45, 2.75) is 19.3 Å². The number of nitro groups is 1. The Kier molecular flexibility index (Phi) is 6.24. The van der Waals surface area contributed by atoms with E-state index < -0.39 is 4.92 Å². The Hall–Kier alpha value is -1.82. The number of carbonyl (C=O) groups is 1. The Morgan fingerprint density at radius 2 is 1.90 bits per heavy atom. The molecule has 1 rings (SSSR count). The van der Waals surface area contributed by atoms with Gasteiger partial charge < -0.3 is 9.47 Å². The molecule has 0 saturated carbocycles. The second-order valence-electron chi connectivity index (χ2n) is 4.05. The van der Waals surface area contributed by atoms with Crippen molar-refractivity contribution in [3.8, 4) is 11.5 Å². The molecule has 0 aliphatic carbocycles. The lowest BCUT2D eigenvalue weighted by Crippen LogP contribution is -2.05. The summed E-state index contributed by atoms with van der Waals surface area (Å²) < 4.78 is 10.0. The van der Waals surface area contributed by atoms with E-state index in [1.165, 1.54) is 26.4 Å². The summed E-state index contributed by atoms with van der Waals surface area (Å²) in [6.45, 7) is 0. The molecule has 0 aromatic heterocycles. The van der Waals surface area contributed by atoms with Crippen molar-refractivity contribution in [3.05, 3.63) is 27.8 Å². The zero-order valence-corrected chi connectivity index (χ0v) is 12.1. The first kappa shape index (κ1) is 16.2. The Balaban J connectivity index is 3.13. The number of alkyl halides is 1. The van der Waals surface area contributed by atoms with Crippen LogP contribution in [0, 0.1) is 10.1 Å². The van der Waals surface area contributed by atoms with Gasteiger partial charge in [-0.3, -0.25) is 14.9 Å². The third kappa shape index (κ3) is 3.84. The van der Waals surface area contributed by atoms with Crippen molar-refractivity contribution in [2.75, 3.05) is 20.1 Å². The average molecular weight is 302 g/mol. The molecule has 20 heavy (non-hydrogen) atoms. The first-order valence-electron chi connectivity index (χ1n) is 6.04. The number of ketones is 1. The van der Waals surface area contributed by atoms with Gasteiger partial charge in [0, 0.05) is 24.4 Å². The van der Waals surface area contributed by atoms with Gasteiger partial charge in [0.05, 0.1) is 24.7 Å². The number of unbranched alkanes of at least 4 members (excludes halogenated alkanes) is 1. The fraction of sp³-hybridized carbons (Fsp3) is 0.462. The number of carbonyl (C=O) groups excluding carboxylic acids is 1. The Morgan fingerprint density at radius 3 is 2.40 bits per heavy atom. The molecule has 1 aromatic carbocycles. The normalized spacial score (nSPS) is 10.2. The van der Waals surface area contributed by atoms with Crippen LogP contribution in [0.3, 0.4) is 0 Å². The monoisotopic (exact) mass is 301 g/mol. The van der Waals surface area contributed by atoms with E-state index >= 15 is 0 Å². The summed E-state index contributed by atoms with van der Waals surface area (Å²) in [4.78, 5) is 22.5. The zero-order valence-electron chi connectivity index (χ0n) is 11.3. The lowest BCUT2D eigenvalue weighted by molar-refractivity contribution is -0.385. The second kappa shape index (κ2) is 7.69. The third-order valence-corrected chi connectivity index (χ3v) is 3.05. The highest BCUT2D eigenvalue weighted by molar-refractivity contribution is 6.17. The van der Waals surface area contributed by atoms with E-state index in [-0.39, 0.29) is 35.0 Å². The van der Waals surface area contributed by atoms with Crippen LogP contribution in [0.5, 0.6) is 11.5 Å². The first-order chi connectivity index (χ1) is 9.54. The number of benzene rings is 1. The van der Waals surface area contributed by atoms with Crippen LogP contribution in [0.25, 0.3) is 0 Å². The average Bonchev–Trinajstić information content (AvgIpc) is 2.45. The molecule has 7 heteroatoms. The topological polar surface area (TPSA) is 78.7 Å². The molecule has 1 aromatic rings. The first-order valence-corrected chi connectivity index (χ1v) is 6.58. The van der Waals surface area contributed by atoms with Gasteiger partial charge in [0.2, 0.25) is 5.75 Å². The van der Waals surface area contributed by atoms with E-state index in [9.17, 15) is 14.9 Å².